The maximum atomic E-state index is 12.7. The topological polar surface area (TPSA) is 61.9 Å². The predicted molar refractivity (Wildman–Crippen MR) is 84.5 cm³/mol. The molecule has 2 aromatic heterocycles. The van der Waals surface area contributed by atoms with Crippen molar-refractivity contribution < 1.29 is 4.74 Å². The van der Waals surface area contributed by atoms with Crippen LogP contribution in [-0.4, -0.2) is 33.3 Å². The summed E-state index contributed by atoms with van der Waals surface area (Å²) in [4.78, 5) is 12.7. The molecule has 6 heteroatoms. The molecule has 6 nitrogen and oxygen atoms in total. The van der Waals surface area contributed by atoms with Crippen molar-refractivity contribution in [3.63, 3.8) is 0 Å². The van der Waals surface area contributed by atoms with Crippen molar-refractivity contribution in [3.05, 3.63) is 52.1 Å². The van der Waals surface area contributed by atoms with Crippen LogP contribution in [0.25, 0.3) is 16.6 Å². The van der Waals surface area contributed by atoms with Crippen LogP contribution in [0.2, 0.25) is 0 Å². The number of para-hydroxylation sites is 1. The molecule has 2 heterocycles. The van der Waals surface area contributed by atoms with E-state index in [1.165, 1.54) is 4.68 Å². The fourth-order valence-electron chi connectivity index (χ4n) is 2.53. The molecule has 0 aliphatic heterocycles. The first-order valence-electron chi connectivity index (χ1n) is 7.14. The molecule has 22 heavy (non-hydrogen) atoms. The van der Waals surface area contributed by atoms with Gasteiger partial charge in [-0.3, -0.25) is 4.79 Å². The molecule has 0 N–H and O–H groups in total. The Labute approximate surface area is 127 Å². The summed E-state index contributed by atoms with van der Waals surface area (Å²) in [6.07, 6.45) is 1.70. The normalized spacial score (nSPS) is 11.2. The van der Waals surface area contributed by atoms with E-state index < -0.39 is 0 Å². The second kappa shape index (κ2) is 5.73. The van der Waals surface area contributed by atoms with E-state index in [1.54, 1.807) is 18.0 Å². The lowest BCUT2D eigenvalue weighted by atomic mass is 10.2. The highest BCUT2D eigenvalue weighted by atomic mass is 16.5. The van der Waals surface area contributed by atoms with Crippen molar-refractivity contribution in [1.82, 2.24) is 19.6 Å². The molecular weight excluding hydrogens is 280 g/mol. The van der Waals surface area contributed by atoms with Crippen LogP contribution in [0.3, 0.4) is 0 Å². The van der Waals surface area contributed by atoms with Crippen molar-refractivity contribution in [3.8, 4) is 5.69 Å². The number of nitrogens with zero attached hydrogens (tertiary/aromatic N) is 4. The van der Waals surface area contributed by atoms with Gasteiger partial charge in [0.25, 0.3) is 5.56 Å². The minimum Gasteiger partial charge on any atom is -0.383 e. The van der Waals surface area contributed by atoms with Gasteiger partial charge in [0, 0.05) is 12.5 Å². The van der Waals surface area contributed by atoms with Crippen LogP contribution >= 0.6 is 0 Å². The maximum Gasteiger partial charge on any atom is 0.293 e. The van der Waals surface area contributed by atoms with Gasteiger partial charge < -0.3 is 4.74 Å². The number of ether oxygens (including phenoxy) is 1. The average molecular weight is 298 g/mol. The molecule has 0 aliphatic carbocycles. The molecule has 3 rings (SSSR count). The van der Waals surface area contributed by atoms with Gasteiger partial charge in [0.05, 0.1) is 30.7 Å². The Morgan fingerprint density at radius 1 is 1.23 bits per heavy atom. The van der Waals surface area contributed by atoms with Gasteiger partial charge in [-0.2, -0.15) is 10.2 Å². The molecule has 0 atom stereocenters. The summed E-state index contributed by atoms with van der Waals surface area (Å²) < 4.78 is 8.19. The van der Waals surface area contributed by atoms with Crippen molar-refractivity contribution in [2.24, 2.45) is 0 Å². The highest BCUT2D eigenvalue weighted by Gasteiger charge is 2.15. The molecule has 114 valence electrons. The van der Waals surface area contributed by atoms with Gasteiger partial charge in [0.1, 0.15) is 5.52 Å². The minimum absolute atomic E-state index is 0.154. The molecule has 0 saturated carbocycles. The first kappa shape index (κ1) is 14.5. The number of aryl methyl sites for hydroxylation is 2. The Bertz CT molecular complexity index is 879. The molecule has 0 fully saturated rings. The molecule has 0 amide bonds. The SMILES string of the molecule is COCCn1nc(C)c2cnn(-c3ccccc3C)c2c1=O. The van der Waals surface area contributed by atoms with Gasteiger partial charge in [-0.05, 0) is 25.5 Å². The standard InChI is InChI=1S/C16H18N4O2/c1-11-6-4-5-7-14(11)20-15-13(10-17-20)12(2)18-19(16(15)21)8-9-22-3/h4-7,10H,8-9H2,1-3H3. The second-order valence-corrected chi connectivity index (χ2v) is 5.21. The van der Waals surface area contributed by atoms with E-state index in [9.17, 15) is 4.79 Å². The summed E-state index contributed by atoms with van der Waals surface area (Å²) in [7, 11) is 1.61. The van der Waals surface area contributed by atoms with Crippen molar-refractivity contribution in [2.75, 3.05) is 13.7 Å². The van der Waals surface area contributed by atoms with Crippen LogP contribution in [0, 0.1) is 13.8 Å². The zero-order valence-corrected chi connectivity index (χ0v) is 12.9. The van der Waals surface area contributed by atoms with E-state index in [1.807, 2.05) is 38.1 Å². The fourth-order valence-corrected chi connectivity index (χ4v) is 2.53. The van der Waals surface area contributed by atoms with Gasteiger partial charge in [-0.15, -0.1) is 0 Å². The third-order valence-electron chi connectivity index (χ3n) is 3.72. The zero-order valence-electron chi connectivity index (χ0n) is 12.9. The number of methoxy groups -OCH3 is 1. The van der Waals surface area contributed by atoms with Crippen molar-refractivity contribution >= 4 is 10.9 Å². The van der Waals surface area contributed by atoms with Crippen LogP contribution in [-0.2, 0) is 11.3 Å². The quantitative estimate of drug-likeness (QED) is 0.737. The highest BCUT2D eigenvalue weighted by Crippen LogP contribution is 2.19. The maximum absolute atomic E-state index is 12.7. The lowest BCUT2D eigenvalue weighted by molar-refractivity contribution is 0.182. The Morgan fingerprint density at radius 2 is 2.00 bits per heavy atom. The van der Waals surface area contributed by atoms with E-state index in [-0.39, 0.29) is 5.56 Å². The highest BCUT2D eigenvalue weighted by molar-refractivity contribution is 5.81. The van der Waals surface area contributed by atoms with E-state index in [4.69, 9.17) is 4.74 Å². The molecule has 1 aromatic carbocycles. The Hall–Kier alpha value is -2.47. The van der Waals surface area contributed by atoms with E-state index in [0.717, 1.165) is 22.3 Å². The number of hydrogen-bond donors (Lipinski definition) is 0. The largest absolute Gasteiger partial charge is 0.383 e. The van der Waals surface area contributed by atoms with E-state index >= 15 is 0 Å². The smallest absolute Gasteiger partial charge is 0.293 e. The molecular formula is C16H18N4O2. The molecule has 3 aromatic rings. The fraction of sp³-hybridized carbons (Fsp3) is 0.312. The first-order valence-corrected chi connectivity index (χ1v) is 7.14. The van der Waals surface area contributed by atoms with Crippen LogP contribution < -0.4 is 5.56 Å². The number of aromatic nitrogens is 4. The van der Waals surface area contributed by atoms with Crippen LogP contribution in [0.4, 0.5) is 0 Å². The average Bonchev–Trinajstić information content (AvgIpc) is 2.95. The Kier molecular flexibility index (Phi) is 3.77. The lowest BCUT2D eigenvalue weighted by Crippen LogP contribution is -2.27. The van der Waals surface area contributed by atoms with Crippen molar-refractivity contribution in [1.29, 1.82) is 0 Å². The third kappa shape index (κ3) is 2.31. The van der Waals surface area contributed by atoms with E-state index in [2.05, 4.69) is 10.2 Å². The summed E-state index contributed by atoms with van der Waals surface area (Å²) >= 11 is 0. The summed E-state index contributed by atoms with van der Waals surface area (Å²) in [5.74, 6) is 0. The van der Waals surface area contributed by atoms with Gasteiger partial charge >= 0.3 is 0 Å². The predicted octanol–water partition coefficient (Wildman–Crippen LogP) is 1.85. The van der Waals surface area contributed by atoms with Crippen LogP contribution in [0.5, 0.6) is 0 Å². The first-order chi connectivity index (χ1) is 10.6. The van der Waals surface area contributed by atoms with Gasteiger partial charge in [0.2, 0.25) is 0 Å². The summed E-state index contributed by atoms with van der Waals surface area (Å²) in [6, 6.07) is 7.86. The third-order valence-corrected chi connectivity index (χ3v) is 3.72. The molecule has 0 unspecified atom stereocenters. The number of fused-ring (bicyclic) bond motifs is 1. The Morgan fingerprint density at radius 3 is 2.73 bits per heavy atom. The van der Waals surface area contributed by atoms with Crippen LogP contribution in [0.15, 0.2) is 35.3 Å². The molecule has 0 radical (unpaired) electrons. The lowest BCUT2D eigenvalue weighted by Gasteiger charge is -2.09. The number of rotatable bonds is 4. The van der Waals surface area contributed by atoms with Crippen LogP contribution in [0.1, 0.15) is 11.3 Å². The van der Waals surface area contributed by atoms with Gasteiger partial charge in [-0.1, -0.05) is 18.2 Å². The molecule has 0 spiro atoms. The molecule has 0 aliphatic rings. The van der Waals surface area contributed by atoms with E-state index in [0.29, 0.717) is 18.7 Å². The summed E-state index contributed by atoms with van der Waals surface area (Å²) in [5, 5.41) is 9.52. The number of hydrogen-bond acceptors (Lipinski definition) is 4. The van der Waals surface area contributed by atoms with Gasteiger partial charge in [-0.25, -0.2) is 9.36 Å². The van der Waals surface area contributed by atoms with Gasteiger partial charge in [0.15, 0.2) is 0 Å². The molecule has 0 saturated heterocycles. The minimum atomic E-state index is -0.154. The Balaban J connectivity index is 2.27. The summed E-state index contributed by atoms with van der Waals surface area (Å²) in [5.41, 5.74) is 3.14. The summed E-state index contributed by atoms with van der Waals surface area (Å²) in [6.45, 7) is 4.75. The second-order valence-electron chi connectivity index (χ2n) is 5.21. The number of benzene rings is 1. The van der Waals surface area contributed by atoms with Crippen molar-refractivity contribution in [2.45, 2.75) is 20.4 Å². The monoisotopic (exact) mass is 298 g/mol. The molecule has 0 bridgehead atoms. The zero-order chi connectivity index (χ0) is 15.7.